The summed E-state index contributed by atoms with van der Waals surface area (Å²) in [6.07, 6.45) is 0. The van der Waals surface area contributed by atoms with Crippen LogP contribution in [0, 0.1) is 0 Å². The highest BCUT2D eigenvalue weighted by Crippen LogP contribution is 2.21. The minimum Gasteiger partial charge on any atom is -0.496 e. The molecule has 0 atom stereocenters. The molecule has 0 radical (unpaired) electrons. The molecule has 0 aliphatic heterocycles. The number of hydrogen-bond donors (Lipinski definition) is 1. The maximum absolute atomic E-state index is 12.4. The molecule has 0 spiro atoms. The van der Waals surface area contributed by atoms with E-state index in [1.165, 1.54) is 11.8 Å². The first-order valence-electron chi connectivity index (χ1n) is 7.61. The number of para-hydroxylation sites is 3. The molecule has 0 saturated carbocycles. The Balaban J connectivity index is 1.59. The second-order valence-corrected chi connectivity index (χ2v) is 6.37. The van der Waals surface area contributed by atoms with E-state index in [1.54, 1.807) is 19.1 Å². The van der Waals surface area contributed by atoms with Gasteiger partial charge in [-0.2, -0.15) is 0 Å². The van der Waals surface area contributed by atoms with E-state index in [-0.39, 0.29) is 5.91 Å². The van der Waals surface area contributed by atoms with Crippen LogP contribution in [0.15, 0.2) is 53.7 Å². The summed E-state index contributed by atoms with van der Waals surface area (Å²) in [6.45, 7) is 0.517. The molecule has 0 saturated heterocycles. The fraction of sp³-hybridized carbons (Fsp3) is 0.222. The van der Waals surface area contributed by atoms with E-state index in [9.17, 15) is 4.79 Å². The fourth-order valence-corrected chi connectivity index (χ4v) is 3.24. The first-order chi connectivity index (χ1) is 11.7. The van der Waals surface area contributed by atoms with Crippen LogP contribution in [0.25, 0.3) is 11.0 Å². The fourth-order valence-electron chi connectivity index (χ4n) is 2.42. The van der Waals surface area contributed by atoms with E-state index < -0.39 is 0 Å². The zero-order valence-electron chi connectivity index (χ0n) is 13.7. The zero-order chi connectivity index (χ0) is 16.9. The quantitative estimate of drug-likeness (QED) is 0.699. The summed E-state index contributed by atoms with van der Waals surface area (Å²) >= 11 is 1.41. The summed E-state index contributed by atoms with van der Waals surface area (Å²) in [5, 5.41) is 0.759. The molecule has 1 amide bonds. The molecule has 3 aromatic rings. The SMILES string of the molecule is COc1ccccc1CN(C)C(=O)CSc1nc2ccccc2[nH]1. The molecule has 1 N–H and O–H groups in total. The second-order valence-electron chi connectivity index (χ2n) is 5.41. The third kappa shape index (κ3) is 3.71. The van der Waals surface area contributed by atoms with Gasteiger partial charge in [-0.25, -0.2) is 4.98 Å². The van der Waals surface area contributed by atoms with Crippen LogP contribution in [0.2, 0.25) is 0 Å². The molecule has 0 bridgehead atoms. The number of carbonyl (C=O) groups is 1. The Labute approximate surface area is 145 Å². The Morgan fingerprint density at radius 3 is 2.75 bits per heavy atom. The average molecular weight is 341 g/mol. The van der Waals surface area contributed by atoms with Gasteiger partial charge in [-0.15, -0.1) is 0 Å². The lowest BCUT2D eigenvalue weighted by Gasteiger charge is -2.18. The molecule has 124 valence electrons. The summed E-state index contributed by atoms with van der Waals surface area (Å²) in [7, 11) is 3.44. The number of nitrogens with zero attached hydrogens (tertiary/aromatic N) is 2. The number of aromatic nitrogens is 2. The van der Waals surface area contributed by atoms with Gasteiger partial charge in [0.25, 0.3) is 0 Å². The molecule has 0 aliphatic rings. The van der Waals surface area contributed by atoms with Crippen LogP contribution in [0.1, 0.15) is 5.56 Å². The Morgan fingerprint density at radius 1 is 1.21 bits per heavy atom. The Hall–Kier alpha value is -2.47. The van der Waals surface area contributed by atoms with Crippen molar-refractivity contribution in [2.75, 3.05) is 19.9 Å². The Bertz CT molecular complexity index is 814. The molecule has 0 fully saturated rings. The van der Waals surface area contributed by atoms with Crippen molar-refractivity contribution in [2.24, 2.45) is 0 Å². The lowest BCUT2D eigenvalue weighted by atomic mass is 10.2. The molecular formula is C18H19N3O2S. The van der Waals surface area contributed by atoms with E-state index in [1.807, 2.05) is 48.5 Å². The van der Waals surface area contributed by atoms with E-state index in [0.717, 1.165) is 27.5 Å². The number of amides is 1. The van der Waals surface area contributed by atoms with Crippen LogP contribution in [-0.4, -0.2) is 40.7 Å². The normalized spacial score (nSPS) is 10.8. The number of H-pyrrole nitrogens is 1. The molecular weight excluding hydrogens is 322 g/mol. The van der Waals surface area contributed by atoms with E-state index >= 15 is 0 Å². The predicted octanol–water partition coefficient (Wildman–Crippen LogP) is 3.32. The summed E-state index contributed by atoms with van der Waals surface area (Å²) in [5.41, 5.74) is 2.88. The van der Waals surface area contributed by atoms with Crippen LogP contribution in [0.4, 0.5) is 0 Å². The van der Waals surface area contributed by atoms with Crippen molar-refractivity contribution in [2.45, 2.75) is 11.7 Å². The number of nitrogens with one attached hydrogen (secondary N) is 1. The van der Waals surface area contributed by atoms with Crippen molar-refractivity contribution in [1.82, 2.24) is 14.9 Å². The van der Waals surface area contributed by atoms with E-state index in [2.05, 4.69) is 9.97 Å². The lowest BCUT2D eigenvalue weighted by molar-refractivity contribution is -0.127. The highest BCUT2D eigenvalue weighted by Gasteiger charge is 2.13. The summed E-state index contributed by atoms with van der Waals surface area (Å²) in [5.74, 6) is 1.18. The highest BCUT2D eigenvalue weighted by atomic mass is 32.2. The standard InChI is InChI=1S/C18H19N3O2S/c1-21(11-13-7-3-6-10-16(13)23-2)17(22)12-24-18-19-14-8-4-5-9-15(14)20-18/h3-10H,11-12H2,1-2H3,(H,19,20). The van der Waals surface area contributed by atoms with Gasteiger partial charge in [-0.1, -0.05) is 42.1 Å². The molecule has 24 heavy (non-hydrogen) atoms. The average Bonchev–Trinajstić information content (AvgIpc) is 3.03. The van der Waals surface area contributed by atoms with Gasteiger partial charge in [0, 0.05) is 19.2 Å². The minimum absolute atomic E-state index is 0.0476. The number of methoxy groups -OCH3 is 1. The number of benzene rings is 2. The Morgan fingerprint density at radius 2 is 1.96 bits per heavy atom. The molecule has 5 nitrogen and oxygen atoms in total. The van der Waals surface area contributed by atoms with Crippen molar-refractivity contribution < 1.29 is 9.53 Å². The maximum atomic E-state index is 12.4. The van der Waals surface area contributed by atoms with Gasteiger partial charge in [0.2, 0.25) is 5.91 Å². The van der Waals surface area contributed by atoms with Gasteiger partial charge < -0.3 is 14.6 Å². The molecule has 2 aromatic carbocycles. The lowest BCUT2D eigenvalue weighted by Crippen LogP contribution is -2.28. The first kappa shape index (κ1) is 16.4. The predicted molar refractivity (Wildman–Crippen MR) is 96.3 cm³/mol. The zero-order valence-corrected chi connectivity index (χ0v) is 14.5. The number of fused-ring (bicyclic) bond motifs is 1. The van der Waals surface area contributed by atoms with Crippen molar-refractivity contribution in [3.63, 3.8) is 0 Å². The number of hydrogen-bond acceptors (Lipinski definition) is 4. The number of ether oxygens (including phenoxy) is 1. The van der Waals surface area contributed by atoms with Crippen LogP contribution in [0.3, 0.4) is 0 Å². The van der Waals surface area contributed by atoms with Gasteiger partial charge in [-0.3, -0.25) is 4.79 Å². The van der Waals surface area contributed by atoms with E-state index in [4.69, 9.17) is 4.74 Å². The third-order valence-electron chi connectivity index (χ3n) is 3.73. The van der Waals surface area contributed by atoms with E-state index in [0.29, 0.717) is 12.3 Å². The summed E-state index contributed by atoms with van der Waals surface area (Å²) < 4.78 is 5.33. The van der Waals surface area contributed by atoms with Crippen LogP contribution < -0.4 is 4.74 Å². The van der Waals surface area contributed by atoms with Crippen LogP contribution in [-0.2, 0) is 11.3 Å². The molecule has 6 heteroatoms. The van der Waals surface area contributed by atoms with Gasteiger partial charge in [0.1, 0.15) is 5.75 Å². The highest BCUT2D eigenvalue weighted by molar-refractivity contribution is 7.99. The Kier molecular flexibility index (Phi) is 5.05. The second kappa shape index (κ2) is 7.40. The number of carbonyl (C=O) groups excluding carboxylic acids is 1. The number of rotatable bonds is 6. The van der Waals surface area contributed by atoms with Crippen LogP contribution in [0.5, 0.6) is 5.75 Å². The summed E-state index contributed by atoms with van der Waals surface area (Å²) in [4.78, 5) is 21.8. The molecule has 1 aromatic heterocycles. The number of imidazole rings is 1. The maximum Gasteiger partial charge on any atom is 0.233 e. The van der Waals surface area contributed by atoms with Gasteiger partial charge >= 0.3 is 0 Å². The molecule has 0 aliphatic carbocycles. The monoisotopic (exact) mass is 341 g/mol. The molecule has 3 rings (SSSR count). The van der Waals surface area contributed by atoms with Crippen LogP contribution >= 0.6 is 11.8 Å². The molecule has 0 unspecified atom stereocenters. The largest absolute Gasteiger partial charge is 0.496 e. The van der Waals surface area contributed by atoms with Crippen molar-refractivity contribution in [1.29, 1.82) is 0 Å². The number of aromatic amines is 1. The number of thioether (sulfide) groups is 1. The van der Waals surface area contributed by atoms with Gasteiger partial charge in [0.15, 0.2) is 5.16 Å². The first-order valence-corrected chi connectivity index (χ1v) is 8.59. The van der Waals surface area contributed by atoms with Crippen molar-refractivity contribution in [3.8, 4) is 5.75 Å². The summed E-state index contributed by atoms with van der Waals surface area (Å²) in [6, 6.07) is 15.6. The van der Waals surface area contributed by atoms with Crippen molar-refractivity contribution >= 4 is 28.7 Å². The third-order valence-corrected chi connectivity index (χ3v) is 4.58. The molecule has 1 heterocycles. The topological polar surface area (TPSA) is 58.2 Å². The van der Waals surface area contributed by atoms with Gasteiger partial charge in [0.05, 0.1) is 23.9 Å². The minimum atomic E-state index is 0.0476. The van der Waals surface area contributed by atoms with Gasteiger partial charge in [-0.05, 0) is 18.2 Å². The van der Waals surface area contributed by atoms with Crippen molar-refractivity contribution in [3.05, 3.63) is 54.1 Å². The smallest absolute Gasteiger partial charge is 0.233 e.